The summed E-state index contributed by atoms with van der Waals surface area (Å²) in [5, 5.41) is 20.6. The summed E-state index contributed by atoms with van der Waals surface area (Å²) in [6.07, 6.45) is 1.13. The highest BCUT2D eigenvalue weighted by molar-refractivity contribution is 7.91. The van der Waals surface area contributed by atoms with Crippen LogP contribution in [-0.2, 0) is 10.0 Å². The molecule has 1 rings (SSSR count). The zero-order valence-electron chi connectivity index (χ0n) is 10.9. The second-order valence-corrected chi connectivity index (χ2v) is 8.20. The third-order valence-corrected chi connectivity index (χ3v) is 5.75. The van der Waals surface area contributed by atoms with E-state index in [1.165, 1.54) is 6.92 Å². The van der Waals surface area contributed by atoms with Crippen molar-refractivity contribution in [3.63, 3.8) is 0 Å². The van der Waals surface area contributed by atoms with Gasteiger partial charge < -0.3 is 5.11 Å². The third kappa shape index (κ3) is 4.38. The molecule has 0 spiro atoms. The lowest BCUT2D eigenvalue weighted by Crippen LogP contribution is -2.40. The highest BCUT2D eigenvalue weighted by Crippen LogP contribution is 2.36. The number of nitro groups is 1. The molecule has 0 amide bonds. The predicted molar refractivity (Wildman–Crippen MR) is 76.7 cm³/mol. The molecule has 20 heavy (non-hydrogen) atoms. The first-order valence-electron chi connectivity index (χ1n) is 5.75. The molecule has 0 fully saturated rings. The molecular formula is C10H15ClN2O5S2. The quantitative estimate of drug-likeness (QED) is 0.582. The van der Waals surface area contributed by atoms with Crippen molar-refractivity contribution in [2.24, 2.45) is 0 Å². The second-order valence-electron chi connectivity index (χ2n) is 4.55. The first-order chi connectivity index (χ1) is 9.09. The van der Waals surface area contributed by atoms with Crippen LogP contribution in [0.5, 0.6) is 0 Å². The monoisotopic (exact) mass is 342 g/mol. The number of aliphatic hydroxyl groups is 1. The Hall–Kier alpha value is -0.740. The van der Waals surface area contributed by atoms with Crippen molar-refractivity contribution < 1.29 is 18.4 Å². The van der Waals surface area contributed by atoms with E-state index in [-0.39, 0.29) is 15.1 Å². The number of hydrogen-bond donors (Lipinski definition) is 2. The van der Waals surface area contributed by atoms with Gasteiger partial charge in [0.15, 0.2) is 4.34 Å². The van der Waals surface area contributed by atoms with Crippen LogP contribution < -0.4 is 4.72 Å². The van der Waals surface area contributed by atoms with Gasteiger partial charge >= 0.3 is 0 Å². The molecule has 0 saturated carbocycles. The van der Waals surface area contributed by atoms with Crippen molar-refractivity contribution >= 4 is 38.6 Å². The molecule has 10 heteroatoms. The summed E-state index contributed by atoms with van der Waals surface area (Å²) in [6, 6.07) is 0.907. The van der Waals surface area contributed by atoms with E-state index in [2.05, 4.69) is 4.72 Å². The minimum Gasteiger partial charge on any atom is -0.389 e. The number of nitrogens with zero attached hydrogens (tertiary/aromatic N) is 1. The largest absolute Gasteiger partial charge is 0.389 e. The lowest BCUT2D eigenvalue weighted by atomic mass is 10.0. The topological polar surface area (TPSA) is 110 Å². The zero-order valence-corrected chi connectivity index (χ0v) is 13.3. The Labute approximate surface area is 125 Å². The molecule has 7 nitrogen and oxygen atoms in total. The fourth-order valence-corrected chi connectivity index (χ4v) is 4.41. The molecule has 1 aromatic heterocycles. The Balaban J connectivity index is 2.90. The van der Waals surface area contributed by atoms with Gasteiger partial charge in [0.2, 0.25) is 10.0 Å². The van der Waals surface area contributed by atoms with Gasteiger partial charge in [0.05, 0.1) is 10.5 Å². The fraction of sp³-hybridized carbons (Fsp3) is 0.600. The number of nitrogens with one attached hydrogen (secondary N) is 1. The van der Waals surface area contributed by atoms with E-state index >= 15 is 0 Å². The summed E-state index contributed by atoms with van der Waals surface area (Å²) in [7, 11) is -3.93. The molecule has 0 aliphatic carbocycles. The van der Waals surface area contributed by atoms with Crippen LogP contribution in [0.4, 0.5) is 5.69 Å². The first kappa shape index (κ1) is 17.3. The van der Waals surface area contributed by atoms with Gasteiger partial charge in [-0.2, -0.15) is 0 Å². The van der Waals surface area contributed by atoms with Crippen molar-refractivity contribution in [3.05, 3.63) is 20.5 Å². The van der Waals surface area contributed by atoms with Gasteiger partial charge in [-0.1, -0.05) is 24.9 Å². The van der Waals surface area contributed by atoms with Crippen LogP contribution in [0.3, 0.4) is 0 Å². The fourth-order valence-electron chi connectivity index (χ4n) is 1.54. The van der Waals surface area contributed by atoms with Crippen LogP contribution in [0.1, 0.15) is 26.7 Å². The van der Waals surface area contributed by atoms with E-state index < -0.39 is 26.2 Å². The van der Waals surface area contributed by atoms with E-state index in [9.17, 15) is 23.6 Å². The molecule has 1 aromatic rings. The van der Waals surface area contributed by atoms with E-state index in [1.54, 1.807) is 0 Å². The minimum atomic E-state index is -3.93. The molecule has 1 unspecified atom stereocenters. The van der Waals surface area contributed by atoms with Crippen LogP contribution in [0.15, 0.2) is 10.3 Å². The van der Waals surface area contributed by atoms with Gasteiger partial charge in [0.1, 0.15) is 4.21 Å². The van der Waals surface area contributed by atoms with Crippen LogP contribution in [0.2, 0.25) is 4.34 Å². The maximum Gasteiger partial charge on any atom is 0.300 e. The van der Waals surface area contributed by atoms with Crippen molar-refractivity contribution in [1.82, 2.24) is 4.72 Å². The van der Waals surface area contributed by atoms with Crippen LogP contribution in [0.25, 0.3) is 0 Å². The van der Waals surface area contributed by atoms with E-state index in [0.717, 1.165) is 6.07 Å². The molecule has 0 saturated heterocycles. The summed E-state index contributed by atoms with van der Waals surface area (Å²) in [4.78, 5) is 9.89. The molecule has 0 bridgehead atoms. The maximum atomic E-state index is 12.0. The minimum absolute atomic E-state index is 0.174. The lowest BCUT2D eigenvalue weighted by molar-refractivity contribution is -0.384. The van der Waals surface area contributed by atoms with Gasteiger partial charge in [-0.05, 0) is 13.3 Å². The molecule has 0 radical (unpaired) electrons. The maximum absolute atomic E-state index is 12.0. The van der Waals surface area contributed by atoms with Crippen molar-refractivity contribution in [2.45, 2.75) is 36.5 Å². The normalized spacial score (nSPS) is 15.0. The first-order valence-corrected chi connectivity index (χ1v) is 8.42. The van der Waals surface area contributed by atoms with Crippen LogP contribution in [-0.4, -0.2) is 30.6 Å². The second kappa shape index (κ2) is 6.35. The Kier molecular flexibility index (Phi) is 5.50. The number of thiophene rings is 1. The van der Waals surface area contributed by atoms with Crippen LogP contribution >= 0.6 is 22.9 Å². The van der Waals surface area contributed by atoms with E-state index in [4.69, 9.17) is 11.6 Å². The predicted octanol–water partition coefficient (Wildman–Crippen LogP) is 2.14. The Bertz CT molecular complexity index is 597. The van der Waals surface area contributed by atoms with Crippen molar-refractivity contribution in [2.75, 3.05) is 6.54 Å². The molecule has 2 N–H and O–H groups in total. The van der Waals surface area contributed by atoms with E-state index in [1.807, 2.05) is 6.92 Å². The van der Waals surface area contributed by atoms with Gasteiger partial charge in [-0.3, -0.25) is 10.1 Å². The molecular weight excluding hydrogens is 328 g/mol. The summed E-state index contributed by atoms with van der Waals surface area (Å²) < 4.78 is 25.7. The molecule has 114 valence electrons. The Morgan fingerprint density at radius 1 is 1.60 bits per heavy atom. The molecule has 0 aromatic carbocycles. The van der Waals surface area contributed by atoms with Gasteiger partial charge in [-0.25, -0.2) is 13.1 Å². The number of rotatable bonds is 7. The summed E-state index contributed by atoms with van der Waals surface area (Å²) in [5.74, 6) is 0. The summed E-state index contributed by atoms with van der Waals surface area (Å²) in [5.41, 5.74) is -1.62. The SMILES string of the molecule is CCCC(C)(O)CNS(=O)(=O)c1cc([N+](=O)[O-])c(Cl)s1. The van der Waals surface area contributed by atoms with E-state index in [0.29, 0.717) is 24.2 Å². The van der Waals surface area contributed by atoms with Crippen molar-refractivity contribution in [1.29, 1.82) is 0 Å². The van der Waals surface area contributed by atoms with Gasteiger partial charge in [0.25, 0.3) is 5.69 Å². The molecule has 0 aliphatic heterocycles. The smallest absolute Gasteiger partial charge is 0.300 e. The molecule has 1 atom stereocenters. The standard InChI is InChI=1S/C10H15ClN2O5S2/c1-3-4-10(2,14)6-12-20(17,18)8-5-7(13(15)16)9(11)19-8/h5,12,14H,3-4,6H2,1-2H3. The number of hydrogen-bond acceptors (Lipinski definition) is 6. The zero-order chi connectivity index (χ0) is 15.6. The van der Waals surface area contributed by atoms with Crippen molar-refractivity contribution in [3.8, 4) is 0 Å². The van der Waals surface area contributed by atoms with Gasteiger partial charge in [-0.15, -0.1) is 11.3 Å². The summed E-state index contributed by atoms with van der Waals surface area (Å²) >= 11 is 6.23. The molecule has 1 heterocycles. The average molecular weight is 343 g/mol. The highest BCUT2D eigenvalue weighted by atomic mass is 35.5. The Morgan fingerprint density at radius 2 is 2.20 bits per heavy atom. The summed E-state index contributed by atoms with van der Waals surface area (Å²) in [6.45, 7) is 3.21. The lowest BCUT2D eigenvalue weighted by Gasteiger charge is -2.22. The number of halogens is 1. The highest BCUT2D eigenvalue weighted by Gasteiger charge is 2.28. The third-order valence-electron chi connectivity index (χ3n) is 2.54. The van der Waals surface area contributed by atoms with Crippen LogP contribution in [0, 0.1) is 10.1 Å². The average Bonchev–Trinajstić information content (AvgIpc) is 2.70. The number of sulfonamides is 1. The molecule has 0 aliphatic rings. The Morgan fingerprint density at radius 3 is 2.65 bits per heavy atom. The van der Waals surface area contributed by atoms with Gasteiger partial charge in [0, 0.05) is 12.6 Å².